The summed E-state index contributed by atoms with van der Waals surface area (Å²) in [5, 5.41) is 0. The molecule has 6 heteroatoms. The molecule has 1 aliphatic rings. The van der Waals surface area contributed by atoms with Gasteiger partial charge in [-0.05, 0) is 31.4 Å². The molecular formula is C12H16F3N3. The van der Waals surface area contributed by atoms with Crippen LogP contribution in [0.15, 0.2) is 18.3 Å². The van der Waals surface area contributed by atoms with Gasteiger partial charge in [0.25, 0.3) is 0 Å². The first-order chi connectivity index (χ1) is 8.52. The van der Waals surface area contributed by atoms with E-state index >= 15 is 0 Å². The Balaban J connectivity index is 2.18. The van der Waals surface area contributed by atoms with E-state index in [1.54, 1.807) is 0 Å². The molecule has 0 spiro atoms. The number of nitrogens with two attached hydrogens (primary N) is 1. The van der Waals surface area contributed by atoms with Crippen LogP contribution in [0.25, 0.3) is 0 Å². The zero-order valence-electron chi connectivity index (χ0n) is 9.95. The molecule has 2 rings (SSSR count). The number of alkyl halides is 3. The number of halogens is 3. The molecule has 0 saturated carbocycles. The van der Waals surface area contributed by atoms with Crippen molar-refractivity contribution < 1.29 is 13.2 Å². The number of hydrogen-bond donors (Lipinski definition) is 1. The summed E-state index contributed by atoms with van der Waals surface area (Å²) in [6, 6.07) is 2.68. The van der Waals surface area contributed by atoms with E-state index in [4.69, 9.17) is 5.73 Å². The lowest BCUT2D eigenvalue weighted by molar-refractivity contribution is -0.137. The quantitative estimate of drug-likeness (QED) is 0.887. The highest BCUT2D eigenvalue weighted by molar-refractivity contribution is 5.41. The molecule has 0 bridgehead atoms. The predicted molar refractivity (Wildman–Crippen MR) is 63.3 cm³/mol. The third kappa shape index (κ3) is 2.75. The van der Waals surface area contributed by atoms with Gasteiger partial charge < -0.3 is 10.6 Å². The van der Waals surface area contributed by atoms with E-state index in [9.17, 15) is 13.2 Å². The minimum atomic E-state index is -4.33. The number of nitrogens with zero attached hydrogens (tertiary/aromatic N) is 2. The smallest absolute Gasteiger partial charge is 0.352 e. The highest BCUT2D eigenvalue weighted by Crippen LogP contribution is 2.30. The molecule has 100 valence electrons. The van der Waals surface area contributed by atoms with Crippen molar-refractivity contribution in [3.63, 3.8) is 0 Å². The first kappa shape index (κ1) is 13.1. The Morgan fingerprint density at radius 2 is 2.11 bits per heavy atom. The van der Waals surface area contributed by atoms with Crippen LogP contribution in [0, 0.1) is 0 Å². The summed E-state index contributed by atoms with van der Waals surface area (Å²) in [5.41, 5.74) is 4.97. The molecule has 1 fully saturated rings. The normalized spacial score (nSPS) is 21.1. The van der Waals surface area contributed by atoms with Crippen molar-refractivity contribution in [1.29, 1.82) is 0 Å². The molecule has 1 saturated heterocycles. The highest BCUT2D eigenvalue weighted by atomic mass is 19.4. The van der Waals surface area contributed by atoms with Crippen LogP contribution in [0.5, 0.6) is 0 Å². The van der Waals surface area contributed by atoms with E-state index in [0.29, 0.717) is 12.4 Å². The van der Waals surface area contributed by atoms with Gasteiger partial charge in [-0.1, -0.05) is 0 Å². The van der Waals surface area contributed by atoms with Crippen molar-refractivity contribution in [2.24, 2.45) is 5.73 Å². The lowest BCUT2D eigenvalue weighted by atomic mass is 10.0. The molecular weight excluding hydrogens is 243 g/mol. The van der Waals surface area contributed by atoms with Crippen LogP contribution in [-0.2, 0) is 6.18 Å². The Labute approximate surface area is 104 Å². The molecule has 0 amide bonds. The molecule has 18 heavy (non-hydrogen) atoms. The fraction of sp³-hybridized carbons (Fsp3) is 0.583. The summed E-state index contributed by atoms with van der Waals surface area (Å²) in [7, 11) is 0. The van der Waals surface area contributed by atoms with Gasteiger partial charge in [0.2, 0.25) is 0 Å². The van der Waals surface area contributed by atoms with E-state index in [1.807, 2.05) is 4.90 Å². The average Bonchev–Trinajstić information content (AvgIpc) is 2.38. The molecule has 1 aromatic rings. The van der Waals surface area contributed by atoms with Gasteiger partial charge in [-0.15, -0.1) is 0 Å². The minimum absolute atomic E-state index is 0.183. The lowest BCUT2D eigenvalue weighted by Crippen LogP contribution is -2.44. The van der Waals surface area contributed by atoms with Crippen LogP contribution in [0.2, 0.25) is 0 Å². The number of piperidine rings is 1. The van der Waals surface area contributed by atoms with Crippen LogP contribution in [-0.4, -0.2) is 24.1 Å². The van der Waals surface area contributed by atoms with E-state index < -0.39 is 11.7 Å². The molecule has 1 unspecified atom stereocenters. The minimum Gasteiger partial charge on any atom is -0.352 e. The van der Waals surface area contributed by atoms with Gasteiger partial charge in [-0.3, -0.25) is 0 Å². The summed E-state index contributed by atoms with van der Waals surface area (Å²) in [6.45, 7) is 1.31. The third-order valence-corrected chi connectivity index (χ3v) is 3.27. The summed E-state index contributed by atoms with van der Waals surface area (Å²) in [6.07, 6.45) is -0.338. The molecule has 0 aromatic carbocycles. The van der Waals surface area contributed by atoms with Crippen molar-refractivity contribution in [2.45, 2.75) is 31.5 Å². The summed E-state index contributed by atoms with van der Waals surface area (Å²) in [5.74, 6) is 0.582. The largest absolute Gasteiger partial charge is 0.417 e. The molecule has 1 atom stereocenters. The maximum atomic E-state index is 12.4. The fourth-order valence-electron chi connectivity index (χ4n) is 2.27. The molecule has 1 aliphatic heterocycles. The van der Waals surface area contributed by atoms with E-state index in [-0.39, 0.29) is 6.04 Å². The SMILES string of the molecule is NCC1CCCCN1c1ccc(C(F)(F)F)cn1. The number of aromatic nitrogens is 1. The second kappa shape index (κ2) is 5.14. The Hall–Kier alpha value is -1.30. The Morgan fingerprint density at radius 3 is 2.67 bits per heavy atom. The maximum Gasteiger partial charge on any atom is 0.417 e. The van der Waals surface area contributed by atoms with Crippen molar-refractivity contribution in [2.75, 3.05) is 18.0 Å². The van der Waals surface area contributed by atoms with Gasteiger partial charge in [-0.25, -0.2) is 4.98 Å². The lowest BCUT2D eigenvalue weighted by Gasteiger charge is -2.36. The molecule has 0 radical (unpaired) electrons. The second-order valence-electron chi connectivity index (χ2n) is 4.48. The van der Waals surface area contributed by atoms with Crippen LogP contribution in [0.3, 0.4) is 0 Å². The zero-order valence-corrected chi connectivity index (χ0v) is 9.95. The van der Waals surface area contributed by atoms with Crippen molar-refractivity contribution in [1.82, 2.24) is 4.98 Å². The fourth-order valence-corrected chi connectivity index (χ4v) is 2.27. The number of pyridine rings is 1. The van der Waals surface area contributed by atoms with E-state index in [0.717, 1.165) is 38.1 Å². The van der Waals surface area contributed by atoms with Crippen molar-refractivity contribution >= 4 is 5.82 Å². The standard InChI is InChI=1S/C12H16F3N3/c13-12(14,15)9-4-5-11(17-8-9)18-6-2-1-3-10(18)7-16/h4-5,8,10H,1-3,6-7,16H2. The van der Waals surface area contributed by atoms with Gasteiger partial charge in [0.05, 0.1) is 5.56 Å². The van der Waals surface area contributed by atoms with Gasteiger partial charge in [-0.2, -0.15) is 13.2 Å². The molecule has 3 nitrogen and oxygen atoms in total. The van der Waals surface area contributed by atoms with Crippen molar-refractivity contribution in [3.8, 4) is 0 Å². The monoisotopic (exact) mass is 259 g/mol. The van der Waals surface area contributed by atoms with Gasteiger partial charge in [0.15, 0.2) is 0 Å². The van der Waals surface area contributed by atoms with Crippen LogP contribution < -0.4 is 10.6 Å². The Morgan fingerprint density at radius 1 is 1.33 bits per heavy atom. The molecule has 1 aromatic heterocycles. The topological polar surface area (TPSA) is 42.1 Å². The molecule has 2 heterocycles. The second-order valence-corrected chi connectivity index (χ2v) is 4.48. The zero-order chi connectivity index (χ0) is 13.2. The van der Waals surface area contributed by atoms with E-state index in [1.165, 1.54) is 6.07 Å². The van der Waals surface area contributed by atoms with Crippen LogP contribution >= 0.6 is 0 Å². The Bertz CT molecular complexity index is 389. The van der Waals surface area contributed by atoms with Crippen molar-refractivity contribution in [3.05, 3.63) is 23.9 Å². The van der Waals surface area contributed by atoms with Gasteiger partial charge >= 0.3 is 6.18 Å². The maximum absolute atomic E-state index is 12.4. The number of anilines is 1. The summed E-state index contributed by atoms with van der Waals surface area (Å²) >= 11 is 0. The Kier molecular flexibility index (Phi) is 3.75. The van der Waals surface area contributed by atoms with Gasteiger partial charge in [0.1, 0.15) is 5.82 Å². The van der Waals surface area contributed by atoms with Crippen LogP contribution in [0.1, 0.15) is 24.8 Å². The predicted octanol–water partition coefficient (Wildman–Crippen LogP) is 2.42. The number of hydrogen-bond acceptors (Lipinski definition) is 3. The third-order valence-electron chi connectivity index (χ3n) is 3.27. The summed E-state index contributed by atoms with van der Waals surface area (Å²) in [4.78, 5) is 5.92. The summed E-state index contributed by atoms with van der Waals surface area (Å²) < 4.78 is 37.3. The van der Waals surface area contributed by atoms with Crippen LogP contribution in [0.4, 0.5) is 19.0 Å². The van der Waals surface area contributed by atoms with Gasteiger partial charge in [0, 0.05) is 25.3 Å². The highest BCUT2D eigenvalue weighted by Gasteiger charge is 2.31. The molecule has 2 N–H and O–H groups in total. The molecule has 0 aliphatic carbocycles. The van der Waals surface area contributed by atoms with E-state index in [2.05, 4.69) is 4.98 Å². The first-order valence-electron chi connectivity index (χ1n) is 6.02. The number of rotatable bonds is 2. The average molecular weight is 259 g/mol. The first-order valence-corrected chi connectivity index (χ1v) is 6.02.